The Morgan fingerprint density at radius 3 is 2.57 bits per heavy atom. The Morgan fingerprint density at radius 1 is 1.24 bits per heavy atom. The third-order valence-corrected chi connectivity index (χ3v) is 4.95. The van der Waals surface area contributed by atoms with Crippen LogP contribution in [0.15, 0.2) is 12.4 Å². The van der Waals surface area contributed by atoms with E-state index in [4.69, 9.17) is 0 Å². The lowest BCUT2D eigenvalue weighted by molar-refractivity contribution is -0.131. The van der Waals surface area contributed by atoms with Crippen LogP contribution in [0, 0.1) is 5.92 Å². The molecule has 0 spiro atoms. The van der Waals surface area contributed by atoms with Gasteiger partial charge in [-0.1, -0.05) is 25.7 Å². The molecule has 0 aromatic carbocycles. The van der Waals surface area contributed by atoms with Gasteiger partial charge in [0.2, 0.25) is 11.9 Å². The number of hydrogen-bond donors (Lipinski definition) is 0. The van der Waals surface area contributed by atoms with Crippen LogP contribution in [0.25, 0.3) is 0 Å². The van der Waals surface area contributed by atoms with E-state index in [0.717, 1.165) is 50.9 Å². The highest BCUT2D eigenvalue weighted by Crippen LogP contribution is 2.28. The largest absolute Gasteiger partial charge is 0.339 e. The third-order valence-electron chi connectivity index (χ3n) is 4.95. The number of anilines is 1. The predicted molar refractivity (Wildman–Crippen MR) is 83.2 cm³/mol. The first kappa shape index (κ1) is 14.4. The monoisotopic (exact) mass is 290 g/mol. The van der Waals surface area contributed by atoms with Crippen LogP contribution < -0.4 is 4.90 Å². The summed E-state index contributed by atoms with van der Waals surface area (Å²) in [6.45, 7) is 3.44. The quantitative estimate of drug-likeness (QED) is 0.852. The molecule has 0 bridgehead atoms. The number of piperazine rings is 1. The molecule has 2 aliphatic rings. The van der Waals surface area contributed by atoms with E-state index >= 15 is 0 Å². The van der Waals surface area contributed by atoms with Crippen molar-refractivity contribution in [3.63, 3.8) is 0 Å². The summed E-state index contributed by atoms with van der Waals surface area (Å²) in [4.78, 5) is 21.0. The van der Waals surface area contributed by atoms with Gasteiger partial charge in [-0.25, -0.2) is 4.98 Å². The molecule has 1 aromatic rings. The van der Waals surface area contributed by atoms with Crippen molar-refractivity contribution in [2.75, 3.05) is 31.1 Å². The van der Waals surface area contributed by atoms with Crippen LogP contribution in [-0.2, 0) is 11.8 Å². The maximum Gasteiger partial charge on any atom is 0.222 e. The van der Waals surface area contributed by atoms with Gasteiger partial charge in [0.15, 0.2) is 0 Å². The minimum Gasteiger partial charge on any atom is -0.339 e. The summed E-state index contributed by atoms with van der Waals surface area (Å²) in [6.07, 6.45) is 11.0. The molecule has 5 heteroatoms. The Kier molecular flexibility index (Phi) is 4.46. The molecule has 1 aliphatic carbocycles. The zero-order valence-electron chi connectivity index (χ0n) is 13.0. The van der Waals surface area contributed by atoms with Crippen molar-refractivity contribution >= 4 is 11.9 Å². The molecule has 0 atom stereocenters. The van der Waals surface area contributed by atoms with Gasteiger partial charge in [-0.3, -0.25) is 4.79 Å². The summed E-state index contributed by atoms with van der Waals surface area (Å²) in [5.41, 5.74) is 0. The molecule has 1 aromatic heterocycles. The second-order valence-corrected chi connectivity index (χ2v) is 6.40. The highest BCUT2D eigenvalue weighted by molar-refractivity contribution is 5.76. The Hall–Kier alpha value is -1.52. The first-order chi connectivity index (χ1) is 10.2. The fourth-order valence-electron chi connectivity index (χ4n) is 3.60. The van der Waals surface area contributed by atoms with Crippen molar-refractivity contribution in [2.24, 2.45) is 13.0 Å². The van der Waals surface area contributed by atoms with Crippen molar-refractivity contribution in [3.05, 3.63) is 12.4 Å². The summed E-state index contributed by atoms with van der Waals surface area (Å²) in [7, 11) is 2.02. The van der Waals surface area contributed by atoms with Gasteiger partial charge in [-0.2, -0.15) is 0 Å². The normalized spacial score (nSPS) is 20.2. The van der Waals surface area contributed by atoms with Crippen molar-refractivity contribution in [1.82, 2.24) is 14.5 Å². The lowest BCUT2D eigenvalue weighted by Gasteiger charge is -2.35. The first-order valence-corrected chi connectivity index (χ1v) is 8.24. The fourth-order valence-corrected chi connectivity index (χ4v) is 3.60. The van der Waals surface area contributed by atoms with Crippen LogP contribution in [0.5, 0.6) is 0 Å². The molecule has 0 N–H and O–H groups in total. The molecule has 21 heavy (non-hydrogen) atoms. The average molecular weight is 290 g/mol. The standard InChI is InChI=1S/C16H26N4O/c1-18-9-8-17-16(18)20-12-10-19(11-13-20)15(21)7-6-14-4-2-3-5-14/h8-9,14H,2-7,10-13H2,1H3. The topological polar surface area (TPSA) is 41.4 Å². The number of amides is 1. The van der Waals surface area contributed by atoms with Crippen molar-refractivity contribution in [1.29, 1.82) is 0 Å². The summed E-state index contributed by atoms with van der Waals surface area (Å²) in [5.74, 6) is 2.16. The zero-order valence-corrected chi connectivity index (χ0v) is 13.0. The number of aromatic nitrogens is 2. The Morgan fingerprint density at radius 2 is 1.95 bits per heavy atom. The molecular weight excluding hydrogens is 264 g/mol. The summed E-state index contributed by atoms with van der Waals surface area (Å²) in [5, 5.41) is 0. The number of imidazole rings is 1. The van der Waals surface area contributed by atoms with E-state index in [-0.39, 0.29) is 0 Å². The Bertz CT molecular complexity index is 470. The smallest absolute Gasteiger partial charge is 0.222 e. The Balaban J connectivity index is 1.44. The van der Waals surface area contributed by atoms with E-state index in [9.17, 15) is 4.79 Å². The molecule has 1 saturated heterocycles. The van der Waals surface area contributed by atoms with Gasteiger partial charge in [0.05, 0.1) is 0 Å². The van der Waals surface area contributed by atoms with Crippen LogP contribution in [0.2, 0.25) is 0 Å². The number of aryl methyl sites for hydroxylation is 1. The van der Waals surface area contributed by atoms with Crippen molar-refractivity contribution < 1.29 is 4.79 Å². The number of carbonyl (C=O) groups excluding carboxylic acids is 1. The van der Waals surface area contributed by atoms with E-state index in [2.05, 4.69) is 9.88 Å². The molecule has 1 amide bonds. The molecule has 116 valence electrons. The summed E-state index contributed by atoms with van der Waals surface area (Å²) in [6, 6.07) is 0. The van der Waals surface area contributed by atoms with Crippen LogP contribution in [0.3, 0.4) is 0 Å². The molecule has 1 aliphatic heterocycles. The van der Waals surface area contributed by atoms with Crippen molar-refractivity contribution in [3.8, 4) is 0 Å². The van der Waals surface area contributed by atoms with Gasteiger partial charge in [-0.05, 0) is 12.3 Å². The highest BCUT2D eigenvalue weighted by atomic mass is 16.2. The maximum absolute atomic E-state index is 12.3. The van der Waals surface area contributed by atoms with E-state index in [0.29, 0.717) is 5.91 Å². The predicted octanol–water partition coefficient (Wildman–Crippen LogP) is 2.04. The molecule has 0 radical (unpaired) electrons. The van der Waals surface area contributed by atoms with Crippen LogP contribution >= 0.6 is 0 Å². The molecule has 1 saturated carbocycles. The van der Waals surface area contributed by atoms with E-state index in [1.165, 1.54) is 25.7 Å². The summed E-state index contributed by atoms with van der Waals surface area (Å²) >= 11 is 0. The van der Waals surface area contributed by atoms with Gasteiger partial charge in [-0.15, -0.1) is 0 Å². The van der Waals surface area contributed by atoms with E-state index in [1.54, 1.807) is 0 Å². The molecule has 5 nitrogen and oxygen atoms in total. The first-order valence-electron chi connectivity index (χ1n) is 8.24. The fraction of sp³-hybridized carbons (Fsp3) is 0.750. The Labute approximate surface area is 126 Å². The highest BCUT2D eigenvalue weighted by Gasteiger charge is 2.24. The second kappa shape index (κ2) is 6.50. The maximum atomic E-state index is 12.3. The van der Waals surface area contributed by atoms with E-state index in [1.807, 2.05) is 28.9 Å². The van der Waals surface area contributed by atoms with Crippen LogP contribution in [0.4, 0.5) is 5.95 Å². The minimum atomic E-state index is 0.349. The lowest BCUT2D eigenvalue weighted by atomic mass is 10.0. The van der Waals surface area contributed by atoms with Gasteiger partial charge in [0.1, 0.15) is 0 Å². The summed E-state index contributed by atoms with van der Waals surface area (Å²) < 4.78 is 2.04. The van der Waals surface area contributed by atoms with Gasteiger partial charge < -0.3 is 14.4 Å². The molecule has 3 rings (SSSR count). The van der Waals surface area contributed by atoms with Crippen molar-refractivity contribution in [2.45, 2.75) is 38.5 Å². The number of nitrogens with zero attached hydrogens (tertiary/aromatic N) is 4. The van der Waals surface area contributed by atoms with Gasteiger partial charge in [0, 0.05) is 52.0 Å². The zero-order chi connectivity index (χ0) is 14.7. The van der Waals surface area contributed by atoms with Gasteiger partial charge in [0.25, 0.3) is 0 Å². The molecule has 0 unspecified atom stereocenters. The molecule has 2 fully saturated rings. The van der Waals surface area contributed by atoms with E-state index < -0.39 is 0 Å². The van der Waals surface area contributed by atoms with Crippen LogP contribution in [0.1, 0.15) is 38.5 Å². The number of hydrogen-bond acceptors (Lipinski definition) is 3. The lowest BCUT2D eigenvalue weighted by Crippen LogP contribution is -2.49. The van der Waals surface area contributed by atoms with Gasteiger partial charge >= 0.3 is 0 Å². The minimum absolute atomic E-state index is 0.349. The SMILES string of the molecule is Cn1ccnc1N1CCN(C(=O)CCC2CCCC2)CC1. The van der Waals surface area contributed by atoms with Crippen LogP contribution in [-0.4, -0.2) is 46.5 Å². The third kappa shape index (κ3) is 3.39. The second-order valence-electron chi connectivity index (χ2n) is 6.40. The average Bonchev–Trinajstić information content (AvgIpc) is 3.16. The number of rotatable bonds is 4. The molecule has 2 heterocycles. The number of carbonyl (C=O) groups is 1. The molecular formula is C16H26N4O.